The Balaban J connectivity index is 0.000000220. The summed E-state index contributed by atoms with van der Waals surface area (Å²) in [6.07, 6.45) is 5.95. The van der Waals surface area contributed by atoms with E-state index in [1.807, 2.05) is 62.4 Å². The van der Waals surface area contributed by atoms with Crippen molar-refractivity contribution in [3.8, 4) is 23.0 Å². The predicted molar refractivity (Wildman–Crippen MR) is 167 cm³/mol. The highest BCUT2D eigenvalue weighted by atomic mass is 16.3. The van der Waals surface area contributed by atoms with Gasteiger partial charge >= 0.3 is 0 Å². The molecule has 0 aliphatic carbocycles. The quantitative estimate of drug-likeness (QED) is 0.141. The maximum Gasteiger partial charge on any atom is 0.115 e. The van der Waals surface area contributed by atoms with E-state index >= 15 is 0 Å². The molecule has 40 heavy (non-hydrogen) atoms. The van der Waals surface area contributed by atoms with Crippen molar-refractivity contribution < 1.29 is 20.4 Å². The standard InChI is InChI=1S/C18H20O2.C18H18O2/c2*1-3-17(13-5-9-15(19)10-6-13)18(4-2)14-7-11-16(20)12-8-14/h5-12,19-20H,3-4H2,1-2H3;3-12,19-20H,1-2H3/b18-17+;17-3+,18-4+. The van der Waals surface area contributed by atoms with Crippen LogP contribution in [0, 0.1) is 0 Å². The monoisotopic (exact) mass is 534 g/mol. The van der Waals surface area contributed by atoms with Crippen LogP contribution in [0.5, 0.6) is 23.0 Å². The number of allylic oxidation sites excluding steroid dienone is 6. The average molecular weight is 535 g/mol. The molecule has 4 aromatic carbocycles. The van der Waals surface area contributed by atoms with E-state index in [1.54, 1.807) is 48.5 Å². The van der Waals surface area contributed by atoms with Gasteiger partial charge in [-0.1, -0.05) is 74.5 Å². The molecule has 0 fully saturated rings. The third-order valence-corrected chi connectivity index (χ3v) is 6.73. The number of hydrogen-bond acceptors (Lipinski definition) is 4. The lowest BCUT2D eigenvalue weighted by molar-refractivity contribution is 0.474. The van der Waals surface area contributed by atoms with Gasteiger partial charge in [0.15, 0.2) is 0 Å². The first-order valence-electron chi connectivity index (χ1n) is 13.5. The molecule has 0 aliphatic rings. The van der Waals surface area contributed by atoms with Crippen LogP contribution in [0.15, 0.2) is 109 Å². The Morgan fingerprint density at radius 3 is 0.850 bits per heavy atom. The van der Waals surface area contributed by atoms with Gasteiger partial charge in [0.05, 0.1) is 0 Å². The molecule has 0 radical (unpaired) electrons. The molecule has 4 heteroatoms. The molecular weight excluding hydrogens is 496 g/mol. The molecule has 4 nitrogen and oxygen atoms in total. The fourth-order valence-corrected chi connectivity index (χ4v) is 4.75. The summed E-state index contributed by atoms with van der Waals surface area (Å²) in [5.74, 6) is 1.09. The lowest BCUT2D eigenvalue weighted by Gasteiger charge is -2.14. The third kappa shape index (κ3) is 7.67. The van der Waals surface area contributed by atoms with E-state index in [-0.39, 0.29) is 23.0 Å². The summed E-state index contributed by atoms with van der Waals surface area (Å²) in [7, 11) is 0. The first kappa shape index (κ1) is 29.9. The fraction of sp³-hybridized carbons (Fsp3) is 0.167. The van der Waals surface area contributed by atoms with E-state index < -0.39 is 0 Å². The van der Waals surface area contributed by atoms with Gasteiger partial charge in [-0.2, -0.15) is 0 Å². The maximum absolute atomic E-state index is 9.41. The number of hydrogen-bond donors (Lipinski definition) is 4. The zero-order chi connectivity index (χ0) is 29.1. The number of benzene rings is 4. The van der Waals surface area contributed by atoms with Crippen LogP contribution in [-0.2, 0) is 0 Å². The molecule has 0 aromatic heterocycles. The Morgan fingerprint density at radius 1 is 0.425 bits per heavy atom. The van der Waals surface area contributed by atoms with Crippen LogP contribution in [0.25, 0.3) is 22.3 Å². The average Bonchev–Trinajstić information content (AvgIpc) is 2.97. The van der Waals surface area contributed by atoms with Crippen LogP contribution in [0.1, 0.15) is 62.8 Å². The van der Waals surface area contributed by atoms with Gasteiger partial charge in [-0.25, -0.2) is 0 Å². The molecule has 0 saturated carbocycles. The van der Waals surface area contributed by atoms with Crippen LogP contribution >= 0.6 is 0 Å². The molecule has 0 unspecified atom stereocenters. The second-order valence-corrected chi connectivity index (χ2v) is 9.26. The van der Waals surface area contributed by atoms with Gasteiger partial charge in [0.1, 0.15) is 23.0 Å². The molecular formula is C36H38O4. The second-order valence-electron chi connectivity index (χ2n) is 9.26. The number of rotatable bonds is 7. The fourth-order valence-electron chi connectivity index (χ4n) is 4.75. The maximum atomic E-state index is 9.41. The second kappa shape index (κ2) is 14.5. The highest BCUT2D eigenvalue weighted by molar-refractivity contribution is 6.04. The van der Waals surface area contributed by atoms with E-state index in [0.29, 0.717) is 0 Å². The third-order valence-electron chi connectivity index (χ3n) is 6.73. The summed E-state index contributed by atoms with van der Waals surface area (Å²) in [5.41, 5.74) is 9.11. The highest BCUT2D eigenvalue weighted by Gasteiger charge is 2.10. The minimum absolute atomic E-state index is 0.260. The van der Waals surface area contributed by atoms with Crippen LogP contribution in [0.4, 0.5) is 0 Å². The molecule has 4 N–H and O–H groups in total. The Hall–Kier alpha value is -4.70. The Bertz CT molecular complexity index is 1340. The molecule has 0 amide bonds. The summed E-state index contributed by atoms with van der Waals surface area (Å²) < 4.78 is 0. The molecule has 0 atom stereocenters. The lowest BCUT2D eigenvalue weighted by Crippen LogP contribution is -1.91. The molecule has 4 aromatic rings. The molecule has 4 rings (SSSR count). The van der Waals surface area contributed by atoms with Crippen LogP contribution in [0.3, 0.4) is 0 Å². The highest BCUT2D eigenvalue weighted by Crippen LogP contribution is 2.34. The Labute approximate surface area is 237 Å². The van der Waals surface area contributed by atoms with Gasteiger partial charge in [-0.15, -0.1) is 0 Å². The predicted octanol–water partition coefficient (Wildman–Crippen LogP) is 9.43. The van der Waals surface area contributed by atoms with E-state index in [1.165, 1.54) is 11.1 Å². The lowest BCUT2D eigenvalue weighted by atomic mass is 9.91. The van der Waals surface area contributed by atoms with Crippen molar-refractivity contribution in [2.45, 2.75) is 40.5 Å². The SMILES string of the molecule is C/C=C(/C(=C/C)c1ccc(O)cc1)c1ccc(O)cc1.CC/C(=C(/CC)c1ccc(O)cc1)c1ccc(O)cc1. The molecule has 0 spiro atoms. The summed E-state index contributed by atoms with van der Waals surface area (Å²) in [4.78, 5) is 0. The van der Waals surface area contributed by atoms with Crippen molar-refractivity contribution in [3.05, 3.63) is 131 Å². The number of phenolic OH excluding ortho intramolecular Hbond substituents is 4. The van der Waals surface area contributed by atoms with E-state index in [0.717, 1.165) is 46.2 Å². The molecule has 0 aliphatic heterocycles. The van der Waals surface area contributed by atoms with Crippen LogP contribution in [-0.4, -0.2) is 20.4 Å². The van der Waals surface area contributed by atoms with Crippen molar-refractivity contribution in [2.24, 2.45) is 0 Å². The Kier molecular flexibility index (Phi) is 10.8. The first-order chi connectivity index (χ1) is 19.3. The summed E-state index contributed by atoms with van der Waals surface area (Å²) in [6.45, 7) is 8.26. The van der Waals surface area contributed by atoms with Crippen molar-refractivity contribution in [3.63, 3.8) is 0 Å². The van der Waals surface area contributed by atoms with Gasteiger partial charge in [0.25, 0.3) is 0 Å². The minimum atomic E-state index is 0.260. The molecule has 0 heterocycles. The van der Waals surface area contributed by atoms with Gasteiger partial charge in [0.2, 0.25) is 0 Å². The number of aromatic hydroxyl groups is 4. The summed E-state index contributed by atoms with van der Waals surface area (Å²) in [6, 6.07) is 29.0. The van der Waals surface area contributed by atoms with E-state index in [2.05, 4.69) is 26.0 Å². The molecule has 206 valence electrons. The van der Waals surface area contributed by atoms with Crippen molar-refractivity contribution in [1.29, 1.82) is 0 Å². The topological polar surface area (TPSA) is 80.9 Å². The van der Waals surface area contributed by atoms with Gasteiger partial charge in [-0.05, 0) is 120 Å². The summed E-state index contributed by atoms with van der Waals surface area (Å²) >= 11 is 0. The zero-order valence-electron chi connectivity index (χ0n) is 23.6. The van der Waals surface area contributed by atoms with Crippen molar-refractivity contribution in [1.82, 2.24) is 0 Å². The van der Waals surface area contributed by atoms with E-state index in [9.17, 15) is 20.4 Å². The minimum Gasteiger partial charge on any atom is -0.508 e. The first-order valence-corrected chi connectivity index (χ1v) is 13.5. The smallest absolute Gasteiger partial charge is 0.115 e. The largest absolute Gasteiger partial charge is 0.508 e. The zero-order valence-corrected chi connectivity index (χ0v) is 23.6. The van der Waals surface area contributed by atoms with Crippen molar-refractivity contribution >= 4 is 22.3 Å². The molecule has 0 saturated heterocycles. The van der Waals surface area contributed by atoms with Gasteiger partial charge in [-0.3, -0.25) is 0 Å². The van der Waals surface area contributed by atoms with Gasteiger partial charge in [0, 0.05) is 0 Å². The van der Waals surface area contributed by atoms with E-state index in [4.69, 9.17) is 0 Å². The van der Waals surface area contributed by atoms with Crippen molar-refractivity contribution in [2.75, 3.05) is 0 Å². The molecule has 0 bridgehead atoms. The number of phenols is 4. The van der Waals surface area contributed by atoms with Crippen LogP contribution < -0.4 is 0 Å². The van der Waals surface area contributed by atoms with Gasteiger partial charge < -0.3 is 20.4 Å². The normalized spacial score (nSPS) is 12.3. The van der Waals surface area contributed by atoms with Crippen LogP contribution in [0.2, 0.25) is 0 Å². The summed E-state index contributed by atoms with van der Waals surface area (Å²) in [5, 5.41) is 37.6. The Morgan fingerprint density at radius 2 is 0.650 bits per heavy atom.